The fraction of sp³-hybridized carbons (Fsp3) is 0.200. The zero-order valence-electron chi connectivity index (χ0n) is 10.8. The minimum absolute atomic E-state index is 0.0234. The summed E-state index contributed by atoms with van der Waals surface area (Å²) >= 11 is 0. The highest BCUT2D eigenvalue weighted by Crippen LogP contribution is 2.33. The average Bonchev–Trinajstić information content (AvgIpc) is 2.40. The lowest BCUT2D eigenvalue weighted by Crippen LogP contribution is -2.16. The Balaban J connectivity index is 2.28. The number of halogens is 5. The van der Waals surface area contributed by atoms with Crippen LogP contribution < -0.4 is 5.73 Å². The Hall–Kier alpha value is -1.95. The van der Waals surface area contributed by atoms with Crippen molar-refractivity contribution in [3.05, 3.63) is 70.8 Å². The van der Waals surface area contributed by atoms with Crippen molar-refractivity contribution in [2.45, 2.75) is 18.6 Å². The maximum atomic E-state index is 13.5. The van der Waals surface area contributed by atoms with Crippen LogP contribution in [-0.4, -0.2) is 0 Å². The van der Waals surface area contributed by atoms with Crippen LogP contribution in [0.5, 0.6) is 0 Å². The van der Waals surface area contributed by atoms with Gasteiger partial charge in [-0.05, 0) is 35.7 Å². The van der Waals surface area contributed by atoms with E-state index in [1.54, 1.807) is 6.07 Å². The first kappa shape index (κ1) is 15.4. The van der Waals surface area contributed by atoms with Crippen LogP contribution in [0.3, 0.4) is 0 Å². The van der Waals surface area contributed by atoms with E-state index >= 15 is 0 Å². The molecular weight excluding hydrogens is 289 g/mol. The summed E-state index contributed by atoms with van der Waals surface area (Å²) in [6.07, 6.45) is -4.77. The second-order valence-electron chi connectivity index (χ2n) is 4.64. The number of hydrogen-bond acceptors (Lipinski definition) is 1. The van der Waals surface area contributed by atoms with Crippen molar-refractivity contribution in [3.8, 4) is 0 Å². The summed E-state index contributed by atoms with van der Waals surface area (Å²) in [4.78, 5) is 0. The quantitative estimate of drug-likeness (QED) is 0.844. The lowest BCUT2D eigenvalue weighted by Gasteiger charge is -2.15. The standard InChI is InChI=1S/C15H12F5N/c16-12-4-2-1-3-9(12)8-14(21)10-5-6-13(17)11(7-10)15(18,19)20/h1-7,14H,8,21H2. The van der Waals surface area contributed by atoms with Gasteiger partial charge in [-0.2, -0.15) is 13.2 Å². The van der Waals surface area contributed by atoms with Crippen LogP contribution in [0.25, 0.3) is 0 Å². The van der Waals surface area contributed by atoms with Crippen LogP contribution in [-0.2, 0) is 12.6 Å². The molecular formula is C15H12F5N. The molecule has 2 aromatic carbocycles. The molecule has 0 radical (unpaired) electrons. The van der Waals surface area contributed by atoms with Gasteiger partial charge in [0.25, 0.3) is 0 Å². The first-order chi connectivity index (χ1) is 9.79. The Morgan fingerprint density at radius 3 is 2.24 bits per heavy atom. The second-order valence-corrected chi connectivity index (χ2v) is 4.64. The molecule has 0 aliphatic rings. The third kappa shape index (κ3) is 3.58. The molecule has 6 heteroatoms. The molecule has 0 aliphatic heterocycles. The molecule has 0 saturated heterocycles. The minimum atomic E-state index is -4.79. The monoisotopic (exact) mass is 301 g/mol. The second kappa shape index (κ2) is 5.81. The van der Waals surface area contributed by atoms with E-state index in [9.17, 15) is 22.0 Å². The van der Waals surface area contributed by atoms with Gasteiger partial charge in [0.1, 0.15) is 11.6 Å². The van der Waals surface area contributed by atoms with E-state index in [-0.39, 0.29) is 12.0 Å². The fourth-order valence-electron chi connectivity index (χ4n) is 2.01. The molecule has 0 fully saturated rings. The van der Waals surface area contributed by atoms with Crippen molar-refractivity contribution in [2.75, 3.05) is 0 Å². The topological polar surface area (TPSA) is 26.0 Å². The predicted molar refractivity (Wildman–Crippen MR) is 68.4 cm³/mol. The molecule has 2 rings (SSSR count). The van der Waals surface area contributed by atoms with Crippen molar-refractivity contribution in [3.63, 3.8) is 0 Å². The predicted octanol–water partition coefficient (Wildman–Crippen LogP) is 4.23. The molecule has 0 heterocycles. The number of hydrogen-bond donors (Lipinski definition) is 1. The Labute approximate surface area is 118 Å². The molecule has 2 aromatic rings. The highest BCUT2D eigenvalue weighted by atomic mass is 19.4. The maximum absolute atomic E-state index is 13.5. The van der Waals surface area contributed by atoms with Gasteiger partial charge in [0.15, 0.2) is 0 Å². The van der Waals surface area contributed by atoms with E-state index in [0.717, 1.165) is 6.07 Å². The fourth-order valence-corrected chi connectivity index (χ4v) is 2.01. The van der Waals surface area contributed by atoms with Crippen LogP contribution >= 0.6 is 0 Å². The molecule has 21 heavy (non-hydrogen) atoms. The summed E-state index contributed by atoms with van der Waals surface area (Å²) in [7, 11) is 0. The largest absolute Gasteiger partial charge is 0.419 e. The lowest BCUT2D eigenvalue weighted by atomic mass is 9.97. The van der Waals surface area contributed by atoms with Crippen molar-refractivity contribution < 1.29 is 22.0 Å². The van der Waals surface area contributed by atoms with Gasteiger partial charge >= 0.3 is 6.18 Å². The van der Waals surface area contributed by atoms with E-state index in [4.69, 9.17) is 5.73 Å². The van der Waals surface area contributed by atoms with E-state index in [0.29, 0.717) is 11.6 Å². The van der Waals surface area contributed by atoms with Crippen LogP contribution in [0.1, 0.15) is 22.7 Å². The number of rotatable bonds is 3. The van der Waals surface area contributed by atoms with Gasteiger partial charge in [0.2, 0.25) is 0 Å². The van der Waals surface area contributed by atoms with Crippen LogP contribution in [0.2, 0.25) is 0 Å². The lowest BCUT2D eigenvalue weighted by molar-refractivity contribution is -0.140. The third-order valence-electron chi connectivity index (χ3n) is 3.12. The zero-order chi connectivity index (χ0) is 15.6. The summed E-state index contributed by atoms with van der Waals surface area (Å²) in [5.74, 6) is -1.84. The van der Waals surface area contributed by atoms with E-state index < -0.39 is 29.4 Å². The van der Waals surface area contributed by atoms with Gasteiger partial charge in [-0.1, -0.05) is 24.3 Å². The Kier molecular flexibility index (Phi) is 4.27. The Bertz CT molecular complexity index is 636. The molecule has 1 nitrogen and oxygen atoms in total. The molecule has 0 bridgehead atoms. The molecule has 0 spiro atoms. The van der Waals surface area contributed by atoms with Crippen molar-refractivity contribution >= 4 is 0 Å². The summed E-state index contributed by atoms with van der Waals surface area (Å²) < 4.78 is 64.6. The van der Waals surface area contributed by atoms with Crippen LogP contribution in [0, 0.1) is 11.6 Å². The number of alkyl halides is 3. The van der Waals surface area contributed by atoms with Gasteiger partial charge in [0, 0.05) is 6.04 Å². The van der Waals surface area contributed by atoms with Crippen molar-refractivity contribution in [2.24, 2.45) is 5.73 Å². The van der Waals surface area contributed by atoms with Gasteiger partial charge in [0.05, 0.1) is 5.56 Å². The SMILES string of the molecule is NC(Cc1ccccc1F)c1ccc(F)c(C(F)(F)F)c1. The highest BCUT2D eigenvalue weighted by Gasteiger charge is 2.34. The smallest absolute Gasteiger partial charge is 0.324 e. The van der Waals surface area contributed by atoms with Gasteiger partial charge in [-0.15, -0.1) is 0 Å². The summed E-state index contributed by atoms with van der Waals surface area (Å²) in [6.45, 7) is 0. The molecule has 1 atom stereocenters. The van der Waals surface area contributed by atoms with Gasteiger partial charge in [-0.3, -0.25) is 0 Å². The average molecular weight is 301 g/mol. The Morgan fingerprint density at radius 1 is 0.952 bits per heavy atom. The van der Waals surface area contributed by atoms with Crippen LogP contribution in [0.4, 0.5) is 22.0 Å². The maximum Gasteiger partial charge on any atom is 0.419 e. The van der Waals surface area contributed by atoms with Crippen molar-refractivity contribution in [1.29, 1.82) is 0 Å². The molecule has 0 aliphatic carbocycles. The number of nitrogens with two attached hydrogens (primary N) is 1. The molecule has 0 amide bonds. The van der Waals surface area contributed by atoms with E-state index in [1.165, 1.54) is 24.3 Å². The summed E-state index contributed by atoms with van der Waals surface area (Å²) in [6, 6.07) is 7.57. The highest BCUT2D eigenvalue weighted by molar-refractivity contribution is 5.31. The molecule has 1 unspecified atom stereocenters. The zero-order valence-corrected chi connectivity index (χ0v) is 10.8. The van der Waals surface area contributed by atoms with Crippen molar-refractivity contribution in [1.82, 2.24) is 0 Å². The minimum Gasteiger partial charge on any atom is -0.324 e. The Morgan fingerprint density at radius 2 is 1.62 bits per heavy atom. The molecule has 2 N–H and O–H groups in total. The normalized spacial score (nSPS) is 13.2. The summed E-state index contributed by atoms with van der Waals surface area (Å²) in [5.41, 5.74) is 4.83. The first-order valence-electron chi connectivity index (χ1n) is 6.14. The first-order valence-corrected chi connectivity index (χ1v) is 6.14. The van der Waals surface area contributed by atoms with Gasteiger partial charge < -0.3 is 5.73 Å². The van der Waals surface area contributed by atoms with E-state index in [1.807, 2.05) is 0 Å². The summed E-state index contributed by atoms with van der Waals surface area (Å²) in [5, 5.41) is 0. The number of benzene rings is 2. The van der Waals surface area contributed by atoms with E-state index in [2.05, 4.69) is 0 Å². The molecule has 0 aromatic heterocycles. The molecule has 0 saturated carbocycles. The van der Waals surface area contributed by atoms with Crippen LogP contribution in [0.15, 0.2) is 42.5 Å². The molecule has 112 valence electrons. The van der Waals surface area contributed by atoms with Gasteiger partial charge in [-0.25, -0.2) is 8.78 Å². The third-order valence-corrected chi connectivity index (χ3v) is 3.12.